The van der Waals surface area contributed by atoms with E-state index in [2.05, 4.69) is 15.8 Å². The Morgan fingerprint density at radius 1 is 1.15 bits per heavy atom. The Labute approximate surface area is 195 Å². The number of hydrogen-bond acceptors (Lipinski definition) is 5. The Balaban J connectivity index is 1.46. The molecule has 0 aliphatic heterocycles. The molecule has 1 aliphatic carbocycles. The van der Waals surface area contributed by atoms with Gasteiger partial charge in [0.2, 0.25) is 5.91 Å². The van der Waals surface area contributed by atoms with Crippen molar-refractivity contribution >= 4 is 39.3 Å². The Morgan fingerprint density at radius 3 is 2.70 bits per heavy atom. The molecule has 1 aliphatic rings. The van der Waals surface area contributed by atoms with E-state index in [-0.39, 0.29) is 23.6 Å². The summed E-state index contributed by atoms with van der Waals surface area (Å²) in [7, 11) is 1.78. The molecule has 1 amide bonds. The highest BCUT2D eigenvalue weighted by atomic mass is 35.5. The van der Waals surface area contributed by atoms with Gasteiger partial charge in [0.25, 0.3) is 5.56 Å². The predicted octanol–water partition coefficient (Wildman–Crippen LogP) is 4.28. The van der Waals surface area contributed by atoms with E-state index >= 15 is 0 Å². The number of nitrogens with zero attached hydrogens (tertiary/aromatic N) is 2. The summed E-state index contributed by atoms with van der Waals surface area (Å²) in [6.45, 7) is 1.74. The highest BCUT2D eigenvalue weighted by Gasteiger charge is 2.32. The Morgan fingerprint density at radius 2 is 1.94 bits per heavy atom. The van der Waals surface area contributed by atoms with Crippen LogP contribution in [0.4, 0.5) is 0 Å². The first kappa shape index (κ1) is 21.7. The first-order valence-electron chi connectivity index (χ1n) is 11.1. The maximum atomic E-state index is 13.5. The minimum atomic E-state index is -0.427. The van der Waals surface area contributed by atoms with Crippen molar-refractivity contribution in [2.75, 3.05) is 7.05 Å². The second kappa shape index (κ2) is 8.65. The predicted molar refractivity (Wildman–Crippen MR) is 129 cm³/mol. The number of benzene rings is 2. The zero-order chi connectivity index (χ0) is 23.1. The molecule has 8 heteroatoms. The molecule has 2 heterocycles. The number of aromatic nitrogens is 2. The van der Waals surface area contributed by atoms with Gasteiger partial charge in [-0.1, -0.05) is 53.2 Å². The van der Waals surface area contributed by atoms with Crippen molar-refractivity contribution in [3.63, 3.8) is 0 Å². The van der Waals surface area contributed by atoms with Crippen LogP contribution < -0.4 is 16.2 Å². The maximum Gasteiger partial charge on any atom is 0.264 e. The number of rotatable bonds is 5. The zero-order valence-corrected chi connectivity index (χ0v) is 19.2. The highest BCUT2D eigenvalue weighted by Crippen LogP contribution is 2.36. The van der Waals surface area contributed by atoms with Gasteiger partial charge >= 0.3 is 0 Å². The molecule has 1 fully saturated rings. The van der Waals surface area contributed by atoms with E-state index in [1.54, 1.807) is 20.0 Å². The van der Waals surface area contributed by atoms with E-state index in [1.807, 2.05) is 47.0 Å². The lowest BCUT2D eigenvalue weighted by molar-refractivity contribution is -0.123. The fraction of sp³-hybridized carbons (Fsp3) is 0.320. The summed E-state index contributed by atoms with van der Waals surface area (Å²) < 4.78 is 7.16. The molecule has 3 unspecified atom stereocenters. The van der Waals surface area contributed by atoms with Crippen molar-refractivity contribution in [3.05, 3.63) is 75.2 Å². The third-order valence-corrected chi connectivity index (χ3v) is 6.90. The highest BCUT2D eigenvalue weighted by molar-refractivity contribution is 6.37. The summed E-state index contributed by atoms with van der Waals surface area (Å²) in [6, 6.07) is 14.6. The van der Waals surface area contributed by atoms with Crippen LogP contribution in [0.3, 0.4) is 0 Å². The summed E-state index contributed by atoms with van der Waals surface area (Å²) in [6.07, 6.45) is 2.23. The smallest absolute Gasteiger partial charge is 0.264 e. The van der Waals surface area contributed by atoms with Crippen molar-refractivity contribution < 1.29 is 9.32 Å². The van der Waals surface area contributed by atoms with Crippen LogP contribution in [-0.2, 0) is 4.79 Å². The second-order valence-corrected chi connectivity index (χ2v) is 8.98. The number of carbonyl (C=O) groups excluding carboxylic acids is 1. The minimum Gasteiger partial charge on any atom is -0.360 e. The number of nitrogens with one attached hydrogen (secondary N) is 2. The normalized spacial score (nSPS) is 19.2. The molecule has 2 aromatic carbocycles. The number of fused-ring (bicyclic) bond motifs is 3. The van der Waals surface area contributed by atoms with Gasteiger partial charge in [0.05, 0.1) is 10.5 Å². The van der Waals surface area contributed by atoms with Crippen molar-refractivity contribution in [1.29, 1.82) is 0 Å². The van der Waals surface area contributed by atoms with Gasteiger partial charge in [-0.15, -0.1) is 0 Å². The van der Waals surface area contributed by atoms with E-state index in [1.165, 1.54) is 0 Å². The molecule has 2 N–H and O–H groups in total. The molecule has 7 nitrogen and oxygen atoms in total. The number of pyridine rings is 1. The number of carbonyl (C=O) groups is 1. The van der Waals surface area contributed by atoms with Gasteiger partial charge in [-0.2, -0.15) is 0 Å². The molecule has 0 bridgehead atoms. The van der Waals surface area contributed by atoms with Gasteiger partial charge in [-0.05, 0) is 50.9 Å². The molecule has 0 spiro atoms. The van der Waals surface area contributed by atoms with Crippen LogP contribution >= 0.6 is 11.6 Å². The van der Waals surface area contributed by atoms with Gasteiger partial charge in [-0.25, -0.2) is 0 Å². The second-order valence-electron chi connectivity index (χ2n) is 8.58. The van der Waals surface area contributed by atoms with Crippen molar-refractivity contribution in [3.8, 4) is 0 Å². The SMILES string of the molecule is CNC(C(=O)NC1CCC(n2c(=O)c3c(C)onc3c3c(Cl)cccc32)C1)c1ccccc1. The quantitative estimate of drug-likeness (QED) is 0.460. The van der Waals surface area contributed by atoms with Crippen molar-refractivity contribution in [2.45, 2.75) is 44.3 Å². The molecule has 2 aromatic heterocycles. The molecular formula is C25H25ClN4O3. The molecule has 5 rings (SSSR count). The minimum absolute atomic E-state index is 0.0255. The van der Waals surface area contributed by atoms with E-state index in [0.717, 1.165) is 29.3 Å². The van der Waals surface area contributed by atoms with Gasteiger partial charge in [0.1, 0.15) is 22.7 Å². The maximum absolute atomic E-state index is 13.5. The third kappa shape index (κ3) is 3.71. The molecule has 170 valence electrons. The van der Waals surface area contributed by atoms with Crippen LogP contribution in [0.1, 0.15) is 42.7 Å². The largest absolute Gasteiger partial charge is 0.360 e. The van der Waals surface area contributed by atoms with Gasteiger partial charge in [0.15, 0.2) is 0 Å². The van der Waals surface area contributed by atoms with E-state index in [0.29, 0.717) is 28.1 Å². The summed E-state index contributed by atoms with van der Waals surface area (Å²) in [5.41, 5.74) is 2.02. The summed E-state index contributed by atoms with van der Waals surface area (Å²) in [5.74, 6) is 0.410. The molecule has 4 aromatic rings. The van der Waals surface area contributed by atoms with Crippen molar-refractivity contribution in [2.24, 2.45) is 0 Å². The Kier molecular flexibility index (Phi) is 5.68. The third-order valence-electron chi connectivity index (χ3n) is 6.58. The number of amides is 1. The first-order chi connectivity index (χ1) is 16.0. The van der Waals surface area contributed by atoms with Crippen LogP contribution in [0.25, 0.3) is 21.8 Å². The zero-order valence-electron chi connectivity index (χ0n) is 18.5. The topological polar surface area (TPSA) is 89.2 Å². The fourth-order valence-corrected chi connectivity index (χ4v) is 5.30. The molecule has 0 radical (unpaired) electrons. The van der Waals surface area contributed by atoms with Crippen LogP contribution in [0.15, 0.2) is 57.8 Å². The number of halogens is 1. The monoisotopic (exact) mass is 464 g/mol. The lowest BCUT2D eigenvalue weighted by Crippen LogP contribution is -2.41. The average molecular weight is 465 g/mol. The van der Waals surface area contributed by atoms with Gasteiger partial charge < -0.3 is 19.7 Å². The Hall–Kier alpha value is -3.16. The molecule has 1 saturated carbocycles. The van der Waals surface area contributed by atoms with E-state index < -0.39 is 6.04 Å². The number of hydrogen-bond donors (Lipinski definition) is 2. The standard InChI is InChI=1S/C25H25ClN4O3/c1-14-20-23(29-33-14)21-18(26)9-6-10-19(21)30(25(20)32)17-12-11-16(13-17)28-24(31)22(27-2)15-7-4-3-5-8-15/h3-10,16-17,22,27H,11-13H2,1-2H3,(H,28,31). The summed E-state index contributed by atoms with van der Waals surface area (Å²) in [5, 5.41) is 12.1. The average Bonchev–Trinajstić information content (AvgIpc) is 3.42. The number of aryl methyl sites for hydroxylation is 1. The summed E-state index contributed by atoms with van der Waals surface area (Å²) >= 11 is 6.52. The molecule has 3 atom stereocenters. The van der Waals surface area contributed by atoms with Crippen LogP contribution in [-0.4, -0.2) is 28.7 Å². The first-order valence-corrected chi connectivity index (χ1v) is 11.5. The van der Waals surface area contributed by atoms with E-state index in [4.69, 9.17) is 16.1 Å². The molecule has 33 heavy (non-hydrogen) atoms. The van der Waals surface area contributed by atoms with Crippen LogP contribution in [0.5, 0.6) is 0 Å². The molecule has 0 saturated heterocycles. The lowest BCUT2D eigenvalue weighted by atomic mass is 10.1. The fourth-order valence-electron chi connectivity index (χ4n) is 5.04. The summed E-state index contributed by atoms with van der Waals surface area (Å²) in [4.78, 5) is 26.5. The lowest BCUT2D eigenvalue weighted by Gasteiger charge is -2.21. The number of likely N-dealkylation sites (N-methyl/N-ethyl adjacent to an activating group) is 1. The van der Waals surface area contributed by atoms with Crippen LogP contribution in [0.2, 0.25) is 5.02 Å². The Bertz CT molecular complexity index is 1400. The van der Waals surface area contributed by atoms with Crippen LogP contribution in [0, 0.1) is 6.92 Å². The van der Waals surface area contributed by atoms with Crippen molar-refractivity contribution in [1.82, 2.24) is 20.4 Å². The van der Waals surface area contributed by atoms with E-state index in [9.17, 15) is 9.59 Å². The van der Waals surface area contributed by atoms with Gasteiger partial charge in [0, 0.05) is 17.5 Å². The molecular weight excluding hydrogens is 440 g/mol. The van der Waals surface area contributed by atoms with Gasteiger partial charge in [-0.3, -0.25) is 9.59 Å².